The van der Waals surface area contributed by atoms with Crippen molar-refractivity contribution < 1.29 is 18.9 Å². The Hall–Kier alpha value is -5.26. The van der Waals surface area contributed by atoms with Crippen molar-refractivity contribution in [3.05, 3.63) is 287 Å². The van der Waals surface area contributed by atoms with Crippen LogP contribution in [-0.4, -0.2) is 49.4 Å². The summed E-state index contributed by atoms with van der Waals surface area (Å²) in [6.45, 7) is 2.12. The third-order valence-corrected chi connectivity index (χ3v) is 32.0. The van der Waals surface area contributed by atoms with E-state index in [0.717, 1.165) is 161 Å². The molecule has 0 radical (unpaired) electrons. The van der Waals surface area contributed by atoms with Crippen LogP contribution in [0, 0.1) is 0 Å². The van der Waals surface area contributed by atoms with Crippen molar-refractivity contribution in [1.29, 1.82) is 0 Å². The molecule has 3 aliphatic rings. The second kappa shape index (κ2) is 40.3. The summed E-state index contributed by atoms with van der Waals surface area (Å²) in [5.41, 5.74) is 8.75. The molecule has 0 N–H and O–H groups in total. The van der Waals surface area contributed by atoms with Gasteiger partial charge in [0.25, 0.3) is 0 Å². The van der Waals surface area contributed by atoms with Gasteiger partial charge >= 0.3 is 0 Å². The van der Waals surface area contributed by atoms with E-state index in [2.05, 4.69) is 243 Å². The van der Waals surface area contributed by atoms with E-state index >= 15 is 0 Å². The van der Waals surface area contributed by atoms with Crippen molar-refractivity contribution in [2.45, 2.75) is 175 Å². The van der Waals surface area contributed by atoms with E-state index in [1.54, 1.807) is 0 Å². The first-order valence-electron chi connectivity index (χ1n) is 37.4. The lowest BCUT2D eigenvalue weighted by Gasteiger charge is -2.25. The number of hydrogen-bond donors (Lipinski definition) is 4. The molecule has 2 heterocycles. The lowest BCUT2D eigenvalue weighted by atomic mass is 9.91. The van der Waals surface area contributed by atoms with Crippen molar-refractivity contribution in [3.8, 4) is 23.0 Å². The lowest BCUT2D eigenvalue weighted by Crippen LogP contribution is -2.11. The van der Waals surface area contributed by atoms with Crippen LogP contribution in [0.5, 0.6) is 23.0 Å². The minimum Gasteiger partial charge on any atom is -0.493 e. The van der Waals surface area contributed by atoms with Gasteiger partial charge in [0.05, 0.1) is 26.4 Å². The van der Waals surface area contributed by atoms with Crippen molar-refractivity contribution in [1.82, 2.24) is 0 Å². The average molecular weight is 1700 g/mol. The fourth-order valence-corrected chi connectivity index (χ4v) is 25.4. The molecule has 12 aromatic rings. The van der Waals surface area contributed by atoms with E-state index < -0.39 is 0 Å². The Morgan fingerprint density at radius 3 is 0.464 bits per heavy atom. The molecule has 0 saturated carbocycles. The van der Waals surface area contributed by atoms with Crippen molar-refractivity contribution >= 4 is 168 Å². The van der Waals surface area contributed by atoms with E-state index in [1.165, 1.54) is 78.3 Å². The molecular formula is C92H84O4S14. The second-order valence-corrected chi connectivity index (χ2v) is 39.5. The van der Waals surface area contributed by atoms with Gasteiger partial charge in [0, 0.05) is 168 Å². The highest BCUT2D eigenvalue weighted by Crippen LogP contribution is 2.53. The Morgan fingerprint density at radius 2 is 0.327 bits per heavy atom. The summed E-state index contributed by atoms with van der Waals surface area (Å²) < 4.78 is 30.1. The maximum absolute atomic E-state index is 7.52. The molecule has 0 amide bonds. The molecule has 560 valence electrons. The Bertz CT molecular complexity index is 4550. The van der Waals surface area contributed by atoms with Gasteiger partial charge < -0.3 is 18.9 Å². The standard InChI is InChI=1S/C92H84O4S14/c97-45-21-17-41-93-89-61-49-62-54-70-59-67(90(62)94-42-18-22-46-98)52-68-60-72-56-64(92(68)96-44-20-24-48-100)50-63-55-71(103-75-27-3-7-31-79(75)107-83-35-11-15-39-87(83)110-88-40-16-12-36-84(88)108-80-32-8-4-28-76(80)104-72)58-66(91(63)95-43-19-23-47-99)51-65(89)57-69(53-61)101-73-25-1-5-29-77(73)105-81-33-9-13-37-85(81)109-86-38-14-10-34-82(86)106-78-30-6-2-26-74(78)102-70/h1-16,25-40,53-60,97-100H,17-24,41-52H2. The molecule has 18 heteroatoms. The van der Waals surface area contributed by atoms with Crippen LogP contribution in [0.25, 0.3) is 0 Å². The molecule has 110 heavy (non-hydrogen) atoms. The largest absolute Gasteiger partial charge is 0.493 e. The van der Waals surface area contributed by atoms with E-state index in [9.17, 15) is 0 Å². The minimum absolute atomic E-state index is 0.517. The molecule has 0 unspecified atom stereocenters. The van der Waals surface area contributed by atoms with E-state index in [0.29, 0.717) is 52.1 Å². The van der Waals surface area contributed by atoms with Gasteiger partial charge in [0.15, 0.2) is 0 Å². The van der Waals surface area contributed by atoms with E-state index in [1.807, 2.05) is 118 Å². The van der Waals surface area contributed by atoms with Crippen molar-refractivity contribution in [2.24, 2.45) is 0 Å². The molecule has 1 aliphatic carbocycles. The van der Waals surface area contributed by atoms with Gasteiger partial charge in [-0.05, 0) is 220 Å². The van der Waals surface area contributed by atoms with Gasteiger partial charge in [0.2, 0.25) is 0 Å². The lowest BCUT2D eigenvalue weighted by molar-refractivity contribution is 0.297. The van der Waals surface area contributed by atoms with E-state index in [-0.39, 0.29) is 0 Å². The van der Waals surface area contributed by atoms with Crippen LogP contribution in [0.1, 0.15) is 95.9 Å². The second-order valence-electron chi connectivity index (χ2n) is 26.7. The number of rotatable bonds is 20. The normalized spacial score (nSPS) is 13.3. The van der Waals surface area contributed by atoms with Crippen LogP contribution in [0.4, 0.5) is 0 Å². The predicted molar refractivity (Wildman–Crippen MR) is 484 cm³/mol. The van der Waals surface area contributed by atoms with Gasteiger partial charge in [0.1, 0.15) is 23.0 Å². The first-order chi connectivity index (χ1) is 54.3. The molecule has 0 fully saturated rings. The Morgan fingerprint density at radius 1 is 0.191 bits per heavy atom. The topological polar surface area (TPSA) is 36.9 Å². The zero-order valence-corrected chi connectivity index (χ0v) is 72.5. The van der Waals surface area contributed by atoms with Crippen molar-refractivity contribution in [2.75, 3.05) is 49.4 Å². The van der Waals surface area contributed by atoms with Crippen molar-refractivity contribution in [3.63, 3.8) is 0 Å². The zero-order valence-electron chi connectivity index (χ0n) is 60.7. The van der Waals surface area contributed by atoms with Gasteiger partial charge in [-0.3, -0.25) is 0 Å². The van der Waals surface area contributed by atoms with Crippen LogP contribution in [-0.2, 0) is 25.7 Å². The zero-order chi connectivity index (χ0) is 74.8. The summed E-state index contributed by atoms with van der Waals surface area (Å²) in [5.74, 6) is 6.68. The maximum atomic E-state index is 7.52. The number of fused-ring (bicyclic) bond motifs is 16. The fraction of sp³-hybridized carbons (Fsp3) is 0.217. The van der Waals surface area contributed by atoms with Crippen LogP contribution in [0.3, 0.4) is 0 Å². The number of ether oxygens (including phenoxy) is 4. The molecule has 12 bridgehead atoms. The van der Waals surface area contributed by atoms with Gasteiger partial charge in [-0.25, -0.2) is 0 Å². The number of benzene rings is 12. The van der Waals surface area contributed by atoms with Gasteiger partial charge in [-0.1, -0.05) is 215 Å². The first-order valence-corrected chi connectivity index (χ1v) is 48.1. The van der Waals surface area contributed by atoms with Gasteiger partial charge in [-0.15, -0.1) is 0 Å². The monoisotopic (exact) mass is 1700 g/mol. The molecule has 0 spiro atoms. The van der Waals surface area contributed by atoms with Gasteiger partial charge in [-0.2, -0.15) is 50.5 Å². The number of hydrogen-bond acceptors (Lipinski definition) is 18. The summed E-state index contributed by atoms with van der Waals surface area (Å²) in [4.78, 5) is 23.6. The Kier molecular flexibility index (Phi) is 29.3. The molecule has 0 saturated heterocycles. The summed E-state index contributed by atoms with van der Waals surface area (Å²) >= 11 is 37.4. The SMILES string of the molecule is SCCCCOc1c2cc3cc1Cc1cc4cc(c1OCCCCS)Cc1cc(cc(c1OCCCCS)Cc1cc(cc(c1OCCCCS)C2)Sc1ccccc1Sc1ccccc1Sc1ccccc1Sc1ccccc1S3)Sc1ccccc1Sc1ccccc1Sc1ccccc1Sc1ccccc1S4. The smallest absolute Gasteiger partial charge is 0.126 e. The highest BCUT2D eigenvalue weighted by molar-refractivity contribution is 8.06. The molecular weight excluding hydrogens is 1620 g/mol. The summed E-state index contributed by atoms with van der Waals surface area (Å²) in [6, 6.07) is 90.8. The predicted octanol–water partition coefficient (Wildman–Crippen LogP) is 28.9. The first kappa shape index (κ1) is 79.9. The minimum atomic E-state index is 0.517. The van der Waals surface area contributed by atoms with Crippen LogP contribution in [0.15, 0.2) is 341 Å². The Balaban J connectivity index is 1.02. The quantitative estimate of drug-likeness (QED) is 0.0432. The summed E-state index contributed by atoms with van der Waals surface area (Å²) in [5, 5.41) is 0. The third-order valence-electron chi connectivity index (χ3n) is 18.6. The molecule has 0 aromatic heterocycles. The van der Waals surface area contributed by atoms with E-state index in [4.69, 9.17) is 69.5 Å². The fourth-order valence-electron chi connectivity index (χ4n) is 13.5. The van der Waals surface area contributed by atoms with Crippen LogP contribution < -0.4 is 18.9 Å². The molecule has 12 aromatic carbocycles. The maximum Gasteiger partial charge on any atom is 0.126 e. The summed E-state index contributed by atoms with van der Waals surface area (Å²) in [6.07, 6.45) is 9.19. The molecule has 0 atom stereocenters. The number of unbranched alkanes of at least 4 members (excludes halogenated alkanes) is 4. The highest BCUT2D eigenvalue weighted by atomic mass is 32.2. The highest BCUT2D eigenvalue weighted by Gasteiger charge is 2.28. The summed E-state index contributed by atoms with van der Waals surface area (Å²) in [7, 11) is 0. The van der Waals surface area contributed by atoms with Crippen LogP contribution >= 0.6 is 168 Å². The Labute approximate surface area is 714 Å². The molecule has 2 aliphatic heterocycles. The number of thiol groups is 4. The van der Waals surface area contributed by atoms with Crippen LogP contribution in [0.2, 0.25) is 0 Å². The third kappa shape index (κ3) is 20.7. The average Bonchev–Trinajstić information content (AvgIpc) is 0.766. The molecule has 4 nitrogen and oxygen atoms in total. The molecule has 15 rings (SSSR count).